The molecule has 1 N–H and O–H groups in total. The Hall–Kier alpha value is -1.35. The van der Waals surface area contributed by atoms with Gasteiger partial charge in [0.1, 0.15) is 0 Å². The van der Waals surface area contributed by atoms with Gasteiger partial charge in [0.2, 0.25) is 0 Å². The molecule has 1 atom stereocenters. The summed E-state index contributed by atoms with van der Waals surface area (Å²) < 4.78 is 0. The van der Waals surface area contributed by atoms with Crippen molar-refractivity contribution in [3.8, 4) is 0 Å². The Bertz CT molecular complexity index is 371. The summed E-state index contributed by atoms with van der Waals surface area (Å²) in [6, 6.07) is 7.12. The molecular formula is C10H11NO2. The van der Waals surface area contributed by atoms with Crippen molar-refractivity contribution in [2.75, 3.05) is 7.05 Å². The summed E-state index contributed by atoms with van der Waals surface area (Å²) >= 11 is 0. The number of hydrogen-bond acceptors (Lipinski definition) is 2. The van der Waals surface area contributed by atoms with Crippen LogP contribution in [0.15, 0.2) is 24.3 Å². The van der Waals surface area contributed by atoms with Gasteiger partial charge < -0.3 is 10.0 Å². The number of nitrogens with zero attached hydrogens (tertiary/aromatic N) is 1. The van der Waals surface area contributed by atoms with Crippen LogP contribution >= 0.6 is 0 Å². The molecule has 0 bridgehead atoms. The Labute approximate surface area is 76.6 Å². The molecule has 0 fully saturated rings. The number of benzene rings is 1. The van der Waals surface area contributed by atoms with E-state index >= 15 is 0 Å². The molecule has 1 heterocycles. The minimum absolute atomic E-state index is 0.124. The monoisotopic (exact) mass is 177 g/mol. The normalized spacial score (nSPS) is 26.4. The standard InChI is InChI=1S/C10H11NO2/c1-10(13)8-6-4-3-5-7(8)9(12)11(10)2/h3-6,13H,1-2H3/t10-/m0/s1. The second kappa shape index (κ2) is 2.33. The van der Waals surface area contributed by atoms with E-state index < -0.39 is 5.72 Å². The van der Waals surface area contributed by atoms with E-state index in [9.17, 15) is 9.90 Å². The molecule has 3 heteroatoms. The molecule has 1 aromatic rings. The molecule has 1 aliphatic heterocycles. The van der Waals surface area contributed by atoms with Crippen molar-refractivity contribution in [3.63, 3.8) is 0 Å². The second-order valence-corrected chi connectivity index (χ2v) is 3.43. The predicted octanol–water partition coefficient (Wildman–Crippen LogP) is 0.937. The molecule has 68 valence electrons. The van der Waals surface area contributed by atoms with Crippen LogP contribution in [-0.4, -0.2) is 23.0 Å². The summed E-state index contributed by atoms with van der Waals surface area (Å²) in [6.07, 6.45) is 0. The van der Waals surface area contributed by atoms with Crippen LogP contribution in [0.1, 0.15) is 22.8 Å². The van der Waals surface area contributed by atoms with Crippen molar-refractivity contribution in [3.05, 3.63) is 35.4 Å². The van der Waals surface area contributed by atoms with E-state index in [4.69, 9.17) is 0 Å². The highest BCUT2D eigenvalue weighted by Gasteiger charge is 2.42. The molecule has 0 saturated carbocycles. The van der Waals surface area contributed by atoms with Gasteiger partial charge >= 0.3 is 0 Å². The van der Waals surface area contributed by atoms with Gasteiger partial charge in [0.05, 0.1) is 0 Å². The molecule has 1 amide bonds. The molecule has 1 aromatic carbocycles. The summed E-state index contributed by atoms with van der Waals surface area (Å²) in [6.45, 7) is 1.62. The molecule has 0 unspecified atom stereocenters. The van der Waals surface area contributed by atoms with E-state index in [1.165, 1.54) is 4.90 Å². The van der Waals surface area contributed by atoms with Crippen LogP contribution in [0.5, 0.6) is 0 Å². The van der Waals surface area contributed by atoms with E-state index in [0.29, 0.717) is 11.1 Å². The first-order valence-electron chi connectivity index (χ1n) is 4.15. The smallest absolute Gasteiger partial charge is 0.256 e. The minimum atomic E-state index is -1.16. The summed E-state index contributed by atoms with van der Waals surface area (Å²) in [5.74, 6) is -0.124. The largest absolute Gasteiger partial charge is 0.367 e. The van der Waals surface area contributed by atoms with E-state index in [1.54, 1.807) is 32.2 Å². The van der Waals surface area contributed by atoms with Crippen LogP contribution in [0.2, 0.25) is 0 Å². The lowest BCUT2D eigenvalue weighted by Crippen LogP contribution is -2.37. The maximum atomic E-state index is 11.6. The number of carbonyl (C=O) groups is 1. The van der Waals surface area contributed by atoms with Crippen LogP contribution in [0.3, 0.4) is 0 Å². The molecule has 0 aliphatic carbocycles. The number of amides is 1. The van der Waals surface area contributed by atoms with E-state index in [0.717, 1.165) is 0 Å². The highest BCUT2D eigenvalue weighted by atomic mass is 16.3. The van der Waals surface area contributed by atoms with Crippen molar-refractivity contribution in [1.29, 1.82) is 0 Å². The zero-order valence-corrected chi connectivity index (χ0v) is 7.61. The van der Waals surface area contributed by atoms with Crippen LogP contribution in [0, 0.1) is 0 Å². The highest BCUT2D eigenvalue weighted by molar-refractivity contribution is 5.99. The van der Waals surface area contributed by atoms with Crippen molar-refractivity contribution < 1.29 is 9.90 Å². The fourth-order valence-electron chi connectivity index (χ4n) is 1.64. The third-order valence-corrected chi connectivity index (χ3v) is 2.63. The molecule has 0 saturated heterocycles. The lowest BCUT2D eigenvalue weighted by molar-refractivity contribution is -0.0558. The highest BCUT2D eigenvalue weighted by Crippen LogP contribution is 2.34. The Balaban J connectivity index is 2.68. The maximum Gasteiger partial charge on any atom is 0.256 e. The van der Waals surface area contributed by atoms with Crippen molar-refractivity contribution >= 4 is 5.91 Å². The summed E-state index contributed by atoms with van der Waals surface area (Å²) in [5.41, 5.74) is 0.116. The quantitative estimate of drug-likeness (QED) is 0.640. The lowest BCUT2D eigenvalue weighted by Gasteiger charge is -2.26. The van der Waals surface area contributed by atoms with E-state index in [2.05, 4.69) is 0 Å². The maximum absolute atomic E-state index is 11.6. The van der Waals surface area contributed by atoms with Crippen LogP contribution in [-0.2, 0) is 5.72 Å². The average Bonchev–Trinajstić information content (AvgIpc) is 2.30. The molecule has 1 aliphatic rings. The first-order valence-corrected chi connectivity index (χ1v) is 4.15. The molecule has 0 aromatic heterocycles. The van der Waals surface area contributed by atoms with Crippen LogP contribution in [0.25, 0.3) is 0 Å². The van der Waals surface area contributed by atoms with Gasteiger partial charge in [-0.2, -0.15) is 0 Å². The van der Waals surface area contributed by atoms with Crippen molar-refractivity contribution in [2.24, 2.45) is 0 Å². The zero-order chi connectivity index (χ0) is 9.64. The number of aliphatic hydroxyl groups is 1. The van der Waals surface area contributed by atoms with Crippen LogP contribution < -0.4 is 0 Å². The summed E-state index contributed by atoms with van der Waals surface area (Å²) in [7, 11) is 1.60. The third kappa shape index (κ3) is 0.906. The van der Waals surface area contributed by atoms with Crippen molar-refractivity contribution in [2.45, 2.75) is 12.6 Å². The predicted molar refractivity (Wildman–Crippen MR) is 48.1 cm³/mol. The summed E-state index contributed by atoms with van der Waals surface area (Å²) in [5, 5.41) is 9.99. The van der Waals surface area contributed by atoms with Gasteiger partial charge in [0.15, 0.2) is 5.72 Å². The zero-order valence-electron chi connectivity index (χ0n) is 7.61. The van der Waals surface area contributed by atoms with Gasteiger partial charge in [-0.15, -0.1) is 0 Å². The van der Waals surface area contributed by atoms with Gasteiger partial charge in [-0.3, -0.25) is 4.79 Å². The van der Waals surface area contributed by atoms with E-state index in [-0.39, 0.29) is 5.91 Å². The van der Waals surface area contributed by atoms with Gasteiger partial charge in [0, 0.05) is 18.2 Å². The number of hydrogen-bond donors (Lipinski definition) is 1. The Kier molecular flexibility index (Phi) is 1.48. The van der Waals surface area contributed by atoms with Gasteiger partial charge in [-0.25, -0.2) is 0 Å². The first-order chi connectivity index (χ1) is 6.05. The molecule has 13 heavy (non-hydrogen) atoms. The molecular weight excluding hydrogens is 166 g/mol. The lowest BCUT2D eigenvalue weighted by atomic mass is 10.0. The Morgan fingerprint density at radius 2 is 2.00 bits per heavy atom. The fourth-order valence-corrected chi connectivity index (χ4v) is 1.64. The van der Waals surface area contributed by atoms with Crippen molar-refractivity contribution in [1.82, 2.24) is 4.90 Å². The fraction of sp³-hybridized carbons (Fsp3) is 0.300. The van der Waals surface area contributed by atoms with Gasteiger partial charge in [0.25, 0.3) is 5.91 Å². The first kappa shape index (κ1) is 8.26. The minimum Gasteiger partial charge on any atom is -0.367 e. The average molecular weight is 177 g/mol. The Morgan fingerprint density at radius 1 is 1.38 bits per heavy atom. The number of carbonyl (C=O) groups excluding carboxylic acids is 1. The Morgan fingerprint density at radius 3 is 2.62 bits per heavy atom. The van der Waals surface area contributed by atoms with Gasteiger partial charge in [-0.1, -0.05) is 18.2 Å². The number of rotatable bonds is 0. The van der Waals surface area contributed by atoms with Crippen LogP contribution in [0.4, 0.5) is 0 Å². The van der Waals surface area contributed by atoms with Gasteiger partial charge in [-0.05, 0) is 13.0 Å². The van der Waals surface area contributed by atoms with E-state index in [1.807, 2.05) is 6.07 Å². The number of fused-ring (bicyclic) bond motifs is 1. The SMILES string of the molecule is CN1C(=O)c2ccccc2[C@]1(C)O. The molecule has 3 nitrogen and oxygen atoms in total. The molecule has 0 radical (unpaired) electrons. The third-order valence-electron chi connectivity index (χ3n) is 2.63. The summed E-state index contributed by atoms with van der Waals surface area (Å²) in [4.78, 5) is 12.9. The second-order valence-electron chi connectivity index (χ2n) is 3.43. The topological polar surface area (TPSA) is 40.5 Å². The molecule has 2 rings (SSSR count). The molecule has 0 spiro atoms.